The number of nitrogens with zero attached hydrogens (tertiary/aromatic N) is 4. The maximum Gasteiger partial charge on any atom is 0.303 e. The lowest BCUT2D eigenvalue weighted by Gasteiger charge is -2.30. The molecule has 1 unspecified atom stereocenters. The van der Waals surface area contributed by atoms with Gasteiger partial charge in [0.2, 0.25) is 0 Å². The van der Waals surface area contributed by atoms with E-state index in [1.165, 1.54) is 13.3 Å². The number of carbonyl (C=O) groups excluding carboxylic acids is 2. The largest absolute Gasteiger partial charge is 0.457 e. The van der Waals surface area contributed by atoms with Gasteiger partial charge in [0.25, 0.3) is 5.91 Å². The van der Waals surface area contributed by atoms with Gasteiger partial charge in [-0.15, -0.1) is 0 Å². The van der Waals surface area contributed by atoms with Crippen molar-refractivity contribution in [3.8, 4) is 0 Å². The number of ether oxygens (including phenoxy) is 2. The predicted molar refractivity (Wildman–Crippen MR) is 118 cm³/mol. The molecule has 1 fully saturated rings. The molecule has 1 aliphatic rings. The van der Waals surface area contributed by atoms with Gasteiger partial charge in [-0.2, -0.15) is 0 Å². The second kappa shape index (κ2) is 8.66. The number of rotatable bonds is 6. The van der Waals surface area contributed by atoms with Crippen molar-refractivity contribution in [3.05, 3.63) is 48.5 Å². The van der Waals surface area contributed by atoms with Crippen LogP contribution in [0.3, 0.4) is 0 Å². The minimum Gasteiger partial charge on any atom is -0.457 e. The van der Waals surface area contributed by atoms with E-state index in [1.54, 1.807) is 35.2 Å². The number of benzene rings is 1. The van der Waals surface area contributed by atoms with Crippen LogP contribution in [0.25, 0.3) is 11.2 Å². The van der Waals surface area contributed by atoms with Crippen LogP contribution in [0.2, 0.25) is 0 Å². The Labute approximate surface area is 186 Å². The number of hydrogen-bond donors (Lipinski definition) is 1. The Hall–Kier alpha value is -3.33. The molecule has 1 amide bonds. The van der Waals surface area contributed by atoms with Crippen molar-refractivity contribution in [2.24, 2.45) is 5.92 Å². The fourth-order valence-corrected chi connectivity index (χ4v) is 4.49. The quantitative estimate of drug-likeness (QED) is 0.585. The van der Waals surface area contributed by atoms with E-state index in [9.17, 15) is 9.59 Å². The van der Waals surface area contributed by atoms with Crippen molar-refractivity contribution in [3.63, 3.8) is 0 Å². The second-order valence-corrected chi connectivity index (χ2v) is 8.01. The smallest absolute Gasteiger partial charge is 0.303 e. The van der Waals surface area contributed by atoms with Crippen LogP contribution >= 0.6 is 0 Å². The fourth-order valence-electron chi connectivity index (χ4n) is 4.49. The first-order valence-electron chi connectivity index (χ1n) is 10.8. The number of carbonyl (C=O) groups is 2. The Morgan fingerprint density at radius 2 is 1.88 bits per heavy atom. The third kappa shape index (κ3) is 3.73. The standard InChI is InChI=1S/C23H27N5O4/c1-5-23(6-2)14(3)18(31-15(4)29)22(32-23)28-13-26-17-19(24-12-25-20(17)28)27-21(30)16-10-8-7-9-11-16/h7-14,18,22H,5-6H2,1-4H3,(H,24,25,27,30)/t14?,18-,22+/m0/s1. The van der Waals surface area contributed by atoms with Gasteiger partial charge in [0.1, 0.15) is 6.33 Å². The summed E-state index contributed by atoms with van der Waals surface area (Å²) in [5.74, 6) is -0.383. The summed E-state index contributed by atoms with van der Waals surface area (Å²) in [6.45, 7) is 7.57. The van der Waals surface area contributed by atoms with Gasteiger partial charge in [-0.3, -0.25) is 14.2 Å². The fraction of sp³-hybridized carbons (Fsp3) is 0.435. The molecule has 0 saturated carbocycles. The molecular formula is C23H27N5O4. The summed E-state index contributed by atoms with van der Waals surface area (Å²) in [6, 6.07) is 8.87. The Balaban J connectivity index is 1.71. The average molecular weight is 438 g/mol. The molecule has 4 rings (SSSR count). The van der Waals surface area contributed by atoms with Gasteiger partial charge < -0.3 is 14.8 Å². The van der Waals surface area contributed by atoms with E-state index in [2.05, 4.69) is 34.1 Å². The van der Waals surface area contributed by atoms with Crippen LogP contribution in [-0.4, -0.2) is 43.1 Å². The Bertz CT molecular complexity index is 1130. The molecule has 3 heterocycles. The molecule has 1 aliphatic heterocycles. The maximum atomic E-state index is 12.6. The molecule has 1 N–H and O–H groups in total. The molecule has 9 nitrogen and oxygen atoms in total. The van der Waals surface area contributed by atoms with Crippen LogP contribution in [0.5, 0.6) is 0 Å². The van der Waals surface area contributed by atoms with Gasteiger partial charge in [-0.1, -0.05) is 39.0 Å². The van der Waals surface area contributed by atoms with E-state index in [0.717, 1.165) is 12.8 Å². The summed E-state index contributed by atoms with van der Waals surface area (Å²) in [5.41, 5.74) is 0.997. The highest BCUT2D eigenvalue weighted by Gasteiger charge is 2.53. The zero-order valence-corrected chi connectivity index (χ0v) is 18.6. The molecular weight excluding hydrogens is 410 g/mol. The molecule has 0 aliphatic carbocycles. The first-order valence-corrected chi connectivity index (χ1v) is 10.8. The van der Waals surface area contributed by atoms with E-state index < -0.39 is 17.9 Å². The van der Waals surface area contributed by atoms with Gasteiger partial charge in [0.15, 0.2) is 29.3 Å². The molecule has 1 saturated heterocycles. The number of fused-ring (bicyclic) bond motifs is 1. The summed E-state index contributed by atoms with van der Waals surface area (Å²) in [7, 11) is 0. The maximum absolute atomic E-state index is 12.6. The van der Waals surface area contributed by atoms with E-state index >= 15 is 0 Å². The summed E-state index contributed by atoms with van der Waals surface area (Å²) in [4.78, 5) is 37.5. The number of hydrogen-bond acceptors (Lipinski definition) is 7. The van der Waals surface area contributed by atoms with Gasteiger partial charge in [0.05, 0.1) is 11.9 Å². The van der Waals surface area contributed by atoms with Gasteiger partial charge >= 0.3 is 5.97 Å². The summed E-state index contributed by atoms with van der Waals surface area (Å²) < 4.78 is 14.0. The molecule has 3 aromatic rings. The molecule has 2 aromatic heterocycles. The Morgan fingerprint density at radius 1 is 1.16 bits per heavy atom. The third-order valence-electron chi connectivity index (χ3n) is 6.36. The normalized spacial score (nSPS) is 22.1. The molecule has 32 heavy (non-hydrogen) atoms. The van der Waals surface area contributed by atoms with Crippen molar-refractivity contribution >= 4 is 28.9 Å². The molecule has 1 aromatic carbocycles. The molecule has 0 radical (unpaired) electrons. The topological polar surface area (TPSA) is 108 Å². The van der Waals surface area contributed by atoms with Gasteiger partial charge in [-0.25, -0.2) is 15.0 Å². The number of esters is 1. The molecule has 168 valence electrons. The van der Waals surface area contributed by atoms with Crippen LogP contribution in [0, 0.1) is 5.92 Å². The lowest BCUT2D eigenvalue weighted by atomic mass is 9.83. The van der Waals surface area contributed by atoms with Crippen LogP contribution in [0.1, 0.15) is 57.1 Å². The summed E-state index contributed by atoms with van der Waals surface area (Å²) in [5, 5.41) is 2.80. The predicted octanol–water partition coefficient (Wildman–Crippen LogP) is 3.73. The number of aromatic nitrogens is 4. The SMILES string of the molecule is CCC1(CC)O[C@@H](n2cnc3c(NC(=O)c4ccccc4)ncnc32)[C@@H](OC(C)=O)C1C. The van der Waals surface area contributed by atoms with E-state index in [0.29, 0.717) is 22.5 Å². The third-order valence-corrected chi connectivity index (χ3v) is 6.36. The zero-order chi connectivity index (χ0) is 22.9. The van der Waals surface area contributed by atoms with Crippen LogP contribution in [-0.2, 0) is 14.3 Å². The lowest BCUT2D eigenvalue weighted by molar-refractivity contribution is -0.154. The van der Waals surface area contributed by atoms with Crippen molar-refractivity contribution < 1.29 is 19.1 Å². The Morgan fingerprint density at radius 3 is 2.53 bits per heavy atom. The first-order chi connectivity index (χ1) is 15.4. The summed E-state index contributed by atoms with van der Waals surface area (Å²) >= 11 is 0. The number of imidazole rings is 1. The van der Waals surface area contributed by atoms with Crippen molar-refractivity contribution in [2.75, 3.05) is 5.32 Å². The molecule has 0 bridgehead atoms. The number of anilines is 1. The zero-order valence-electron chi connectivity index (χ0n) is 18.6. The average Bonchev–Trinajstić information content (AvgIpc) is 3.34. The molecule has 0 spiro atoms. The van der Waals surface area contributed by atoms with Crippen LogP contribution in [0.4, 0.5) is 5.82 Å². The van der Waals surface area contributed by atoms with Crippen molar-refractivity contribution in [1.29, 1.82) is 0 Å². The highest BCUT2D eigenvalue weighted by molar-refractivity contribution is 6.06. The van der Waals surface area contributed by atoms with E-state index in [-0.39, 0.29) is 17.8 Å². The van der Waals surface area contributed by atoms with E-state index in [1.807, 2.05) is 13.0 Å². The minimum atomic E-state index is -0.591. The number of amides is 1. The first kappa shape index (κ1) is 21.9. The number of nitrogens with one attached hydrogen (secondary N) is 1. The minimum absolute atomic E-state index is 0.0251. The van der Waals surface area contributed by atoms with Gasteiger partial charge in [0, 0.05) is 18.4 Å². The monoisotopic (exact) mass is 437 g/mol. The summed E-state index contributed by atoms with van der Waals surface area (Å²) in [6.07, 6.45) is 3.42. The molecule has 9 heteroatoms. The Kier molecular flexibility index (Phi) is 5.92. The highest BCUT2D eigenvalue weighted by atomic mass is 16.6. The van der Waals surface area contributed by atoms with Crippen molar-refractivity contribution in [1.82, 2.24) is 19.5 Å². The molecule has 3 atom stereocenters. The van der Waals surface area contributed by atoms with Gasteiger partial charge in [-0.05, 0) is 25.0 Å². The highest BCUT2D eigenvalue weighted by Crippen LogP contribution is 2.47. The van der Waals surface area contributed by atoms with Crippen LogP contribution in [0.15, 0.2) is 43.0 Å². The van der Waals surface area contributed by atoms with E-state index in [4.69, 9.17) is 9.47 Å². The lowest BCUT2D eigenvalue weighted by Crippen LogP contribution is -2.36. The van der Waals surface area contributed by atoms with Crippen molar-refractivity contribution in [2.45, 2.75) is 58.5 Å². The second-order valence-electron chi connectivity index (χ2n) is 8.01. The van der Waals surface area contributed by atoms with Crippen LogP contribution < -0.4 is 5.32 Å².